The van der Waals surface area contributed by atoms with E-state index >= 15 is 0 Å². The Morgan fingerprint density at radius 1 is 0.882 bits per heavy atom. The third-order valence-electron chi connectivity index (χ3n) is 5.35. The van der Waals surface area contributed by atoms with E-state index in [1.54, 1.807) is 17.0 Å². The van der Waals surface area contributed by atoms with Gasteiger partial charge in [0.15, 0.2) is 11.6 Å². The topological polar surface area (TPSA) is 87.7 Å². The molecule has 178 valence electrons. The Balaban J connectivity index is 1.51. The largest absolute Gasteiger partial charge is 0.378 e. The number of ether oxygens (including phenoxy) is 1. The Labute approximate surface area is 196 Å². The van der Waals surface area contributed by atoms with Crippen LogP contribution in [0.1, 0.15) is 11.6 Å². The second kappa shape index (κ2) is 10.2. The van der Waals surface area contributed by atoms with Gasteiger partial charge in [-0.25, -0.2) is 17.2 Å². The van der Waals surface area contributed by atoms with E-state index in [0.717, 1.165) is 17.7 Å². The average Bonchev–Trinajstić information content (AvgIpc) is 2.85. The summed E-state index contributed by atoms with van der Waals surface area (Å²) in [5.41, 5.74) is 1.62. The van der Waals surface area contributed by atoms with Crippen molar-refractivity contribution in [2.45, 2.75) is 10.9 Å². The molecule has 0 aromatic heterocycles. The Morgan fingerprint density at radius 3 is 2.18 bits per heavy atom. The predicted molar refractivity (Wildman–Crippen MR) is 124 cm³/mol. The summed E-state index contributed by atoms with van der Waals surface area (Å²) in [6.45, 7) is 1.99. The fourth-order valence-corrected chi connectivity index (χ4v) is 4.63. The number of anilines is 2. The molecule has 0 saturated carbocycles. The second-order valence-electron chi connectivity index (χ2n) is 7.68. The van der Waals surface area contributed by atoms with Crippen LogP contribution in [-0.4, -0.2) is 45.5 Å². The van der Waals surface area contributed by atoms with Gasteiger partial charge in [0.05, 0.1) is 18.1 Å². The first kappa shape index (κ1) is 23.7. The van der Waals surface area contributed by atoms with Gasteiger partial charge in [0.25, 0.3) is 10.0 Å². The lowest BCUT2D eigenvalue weighted by Crippen LogP contribution is -2.44. The standard InChI is InChI=1S/C24H23F2N3O4S/c25-21-11-10-20(16-22(21)26)34(31,32)28-19-8-6-18(7-9-19)27-23(17-4-2-1-3-5-17)24(30)29-12-14-33-15-13-29/h1-11,16,23,27-28H,12-15H2/t23-/m0/s1. The number of sulfonamides is 1. The number of hydrogen-bond donors (Lipinski definition) is 2. The molecule has 3 aromatic rings. The minimum Gasteiger partial charge on any atom is -0.378 e. The van der Waals surface area contributed by atoms with Crippen LogP contribution >= 0.6 is 0 Å². The van der Waals surface area contributed by atoms with Gasteiger partial charge in [-0.2, -0.15) is 0 Å². The number of halogens is 2. The number of nitrogens with one attached hydrogen (secondary N) is 2. The molecule has 4 rings (SSSR count). The minimum atomic E-state index is -4.11. The number of carbonyl (C=O) groups excluding carboxylic acids is 1. The van der Waals surface area contributed by atoms with Crippen LogP contribution < -0.4 is 10.0 Å². The molecule has 0 bridgehead atoms. The molecule has 10 heteroatoms. The highest BCUT2D eigenvalue weighted by Crippen LogP contribution is 2.25. The van der Waals surface area contributed by atoms with E-state index in [4.69, 9.17) is 4.74 Å². The van der Waals surface area contributed by atoms with Crippen LogP contribution in [-0.2, 0) is 19.6 Å². The third kappa shape index (κ3) is 5.52. The maximum absolute atomic E-state index is 13.4. The van der Waals surface area contributed by atoms with E-state index in [0.29, 0.717) is 38.1 Å². The Kier molecular flexibility index (Phi) is 7.09. The quantitative estimate of drug-likeness (QED) is 0.530. The summed E-state index contributed by atoms with van der Waals surface area (Å²) in [4.78, 5) is 14.6. The van der Waals surface area contributed by atoms with Gasteiger partial charge in [0, 0.05) is 24.5 Å². The van der Waals surface area contributed by atoms with Gasteiger partial charge in [-0.05, 0) is 48.0 Å². The highest BCUT2D eigenvalue weighted by Gasteiger charge is 2.27. The lowest BCUT2D eigenvalue weighted by Gasteiger charge is -2.31. The highest BCUT2D eigenvalue weighted by atomic mass is 32.2. The van der Waals surface area contributed by atoms with Crippen LogP contribution in [0.25, 0.3) is 0 Å². The average molecular weight is 488 g/mol. The number of benzene rings is 3. The van der Waals surface area contributed by atoms with E-state index in [1.807, 2.05) is 30.3 Å². The Hall–Kier alpha value is -3.50. The van der Waals surface area contributed by atoms with Crippen molar-refractivity contribution in [1.82, 2.24) is 4.90 Å². The first-order valence-corrected chi connectivity index (χ1v) is 12.1. The van der Waals surface area contributed by atoms with Gasteiger partial charge in [-0.1, -0.05) is 30.3 Å². The zero-order valence-electron chi connectivity index (χ0n) is 18.1. The second-order valence-corrected chi connectivity index (χ2v) is 9.37. The summed E-state index contributed by atoms with van der Waals surface area (Å²) in [5, 5.41) is 3.23. The molecule has 0 spiro atoms. The van der Waals surface area contributed by atoms with Crippen LogP contribution in [0.15, 0.2) is 77.7 Å². The minimum absolute atomic E-state index is 0.0855. The maximum Gasteiger partial charge on any atom is 0.261 e. The number of morpholine rings is 1. The van der Waals surface area contributed by atoms with Crippen molar-refractivity contribution in [3.05, 3.63) is 90.0 Å². The molecule has 1 amide bonds. The number of nitrogens with zero attached hydrogens (tertiary/aromatic N) is 1. The Bertz CT molecular complexity index is 1250. The van der Waals surface area contributed by atoms with Crippen LogP contribution in [0.5, 0.6) is 0 Å². The molecule has 0 aliphatic carbocycles. The molecule has 7 nitrogen and oxygen atoms in total. The van der Waals surface area contributed by atoms with Crippen molar-refractivity contribution in [3.8, 4) is 0 Å². The molecular weight excluding hydrogens is 464 g/mol. The summed E-state index contributed by atoms with van der Waals surface area (Å²) in [5.74, 6) is -2.47. The number of rotatable bonds is 7. The predicted octanol–water partition coefficient (Wildman–Crippen LogP) is 3.78. The molecule has 0 unspecified atom stereocenters. The van der Waals surface area contributed by atoms with Crippen LogP contribution in [0.3, 0.4) is 0 Å². The molecule has 1 heterocycles. The normalized spacial score (nSPS) is 14.9. The van der Waals surface area contributed by atoms with Gasteiger partial charge in [0.1, 0.15) is 6.04 Å². The van der Waals surface area contributed by atoms with Crippen molar-refractivity contribution >= 4 is 27.3 Å². The first-order chi connectivity index (χ1) is 16.3. The molecule has 1 atom stereocenters. The highest BCUT2D eigenvalue weighted by molar-refractivity contribution is 7.92. The molecule has 3 aromatic carbocycles. The first-order valence-electron chi connectivity index (χ1n) is 10.6. The van der Waals surface area contributed by atoms with Gasteiger partial charge in [-0.15, -0.1) is 0 Å². The number of hydrogen-bond acceptors (Lipinski definition) is 5. The molecule has 34 heavy (non-hydrogen) atoms. The van der Waals surface area contributed by atoms with Crippen molar-refractivity contribution in [3.63, 3.8) is 0 Å². The van der Waals surface area contributed by atoms with Gasteiger partial charge >= 0.3 is 0 Å². The third-order valence-corrected chi connectivity index (χ3v) is 6.73. The molecule has 0 radical (unpaired) electrons. The zero-order valence-corrected chi connectivity index (χ0v) is 18.9. The zero-order chi connectivity index (χ0) is 24.1. The van der Waals surface area contributed by atoms with E-state index in [1.165, 1.54) is 12.1 Å². The fraction of sp³-hybridized carbons (Fsp3) is 0.208. The van der Waals surface area contributed by atoms with Gasteiger partial charge < -0.3 is 15.0 Å². The van der Waals surface area contributed by atoms with E-state index in [9.17, 15) is 22.0 Å². The Morgan fingerprint density at radius 2 is 1.53 bits per heavy atom. The number of amides is 1. The summed E-state index contributed by atoms with van der Waals surface area (Å²) in [7, 11) is -4.11. The monoisotopic (exact) mass is 487 g/mol. The van der Waals surface area contributed by atoms with Gasteiger partial charge in [0.2, 0.25) is 5.91 Å². The summed E-state index contributed by atoms with van der Waals surface area (Å²) in [6.07, 6.45) is 0. The van der Waals surface area contributed by atoms with Crippen molar-refractivity contribution in [2.24, 2.45) is 0 Å². The molecule has 1 fully saturated rings. The fourth-order valence-electron chi connectivity index (χ4n) is 3.56. The van der Waals surface area contributed by atoms with Gasteiger partial charge in [-0.3, -0.25) is 9.52 Å². The molecule has 2 N–H and O–H groups in total. The lowest BCUT2D eigenvalue weighted by atomic mass is 10.0. The van der Waals surface area contributed by atoms with E-state index in [2.05, 4.69) is 10.0 Å². The molecule has 1 aliphatic rings. The van der Waals surface area contributed by atoms with Crippen molar-refractivity contribution in [2.75, 3.05) is 36.3 Å². The lowest BCUT2D eigenvalue weighted by molar-refractivity contribution is -0.136. The smallest absolute Gasteiger partial charge is 0.261 e. The summed E-state index contributed by atoms with van der Waals surface area (Å²) in [6, 6.07) is 17.3. The summed E-state index contributed by atoms with van der Waals surface area (Å²) >= 11 is 0. The van der Waals surface area contributed by atoms with Crippen molar-refractivity contribution < 1.29 is 26.7 Å². The van der Waals surface area contributed by atoms with Crippen LogP contribution in [0.2, 0.25) is 0 Å². The maximum atomic E-state index is 13.4. The van der Waals surface area contributed by atoms with Crippen molar-refractivity contribution in [1.29, 1.82) is 0 Å². The van der Waals surface area contributed by atoms with E-state index < -0.39 is 32.6 Å². The van der Waals surface area contributed by atoms with Crippen LogP contribution in [0.4, 0.5) is 20.2 Å². The molecule has 1 saturated heterocycles. The van der Waals surface area contributed by atoms with Crippen LogP contribution in [0, 0.1) is 11.6 Å². The van der Waals surface area contributed by atoms with E-state index in [-0.39, 0.29) is 11.6 Å². The SMILES string of the molecule is O=C([C@@H](Nc1ccc(NS(=O)(=O)c2ccc(F)c(F)c2)cc1)c1ccccc1)N1CCOCC1. The number of carbonyl (C=O) groups is 1. The summed E-state index contributed by atoms with van der Waals surface area (Å²) < 4.78 is 59.3. The molecular formula is C24H23F2N3O4S. The molecule has 1 aliphatic heterocycles.